The van der Waals surface area contributed by atoms with Crippen molar-refractivity contribution in [2.75, 3.05) is 0 Å². The van der Waals surface area contributed by atoms with E-state index < -0.39 is 23.9 Å². The van der Waals surface area contributed by atoms with Gasteiger partial charge < -0.3 is 14.6 Å². The number of aryl methyl sites for hydroxylation is 1. The van der Waals surface area contributed by atoms with Crippen LogP contribution >= 0.6 is 23.2 Å². The Hall–Kier alpha value is -2.57. The van der Waals surface area contributed by atoms with E-state index in [1.165, 1.54) is 18.2 Å². The molecule has 0 radical (unpaired) electrons. The molecule has 0 aliphatic heterocycles. The van der Waals surface area contributed by atoms with Gasteiger partial charge in [-0.2, -0.15) is 0 Å². The number of amides is 1. The summed E-state index contributed by atoms with van der Waals surface area (Å²) in [7, 11) is 1.80. The maximum absolute atomic E-state index is 13.7. The number of benzene rings is 2. The number of halogens is 3. The van der Waals surface area contributed by atoms with E-state index in [2.05, 4.69) is 10.3 Å². The molecule has 0 spiro atoms. The number of ether oxygens (including phenoxy) is 1. The van der Waals surface area contributed by atoms with Crippen LogP contribution in [0.1, 0.15) is 24.4 Å². The van der Waals surface area contributed by atoms with Crippen LogP contribution in [0.2, 0.25) is 10.0 Å². The number of rotatable bonds is 6. The molecule has 0 saturated carbocycles. The number of carbonyl (C=O) groups is 1. The molecule has 28 heavy (non-hydrogen) atoms. The van der Waals surface area contributed by atoms with Gasteiger partial charge in [-0.05, 0) is 42.8 Å². The summed E-state index contributed by atoms with van der Waals surface area (Å²) < 4.78 is 21.2. The summed E-state index contributed by atoms with van der Waals surface area (Å²) in [6, 6.07) is 10.1. The third kappa shape index (κ3) is 4.64. The number of nitrogens with one attached hydrogen (secondary N) is 1. The normalized spacial score (nSPS) is 13.0. The van der Waals surface area contributed by atoms with Crippen LogP contribution in [-0.2, 0) is 11.8 Å². The van der Waals surface area contributed by atoms with E-state index in [1.54, 1.807) is 55.2 Å². The van der Waals surface area contributed by atoms with Gasteiger partial charge in [0.15, 0.2) is 6.10 Å². The number of carbonyl (C=O) groups excluding carboxylic acids is 1. The Kier molecular flexibility index (Phi) is 6.21. The highest BCUT2D eigenvalue weighted by Crippen LogP contribution is 2.28. The molecular weight excluding hydrogens is 404 g/mol. The average molecular weight is 422 g/mol. The van der Waals surface area contributed by atoms with Crippen molar-refractivity contribution < 1.29 is 13.9 Å². The minimum absolute atomic E-state index is 0.304. The second-order valence-electron chi connectivity index (χ2n) is 6.23. The summed E-state index contributed by atoms with van der Waals surface area (Å²) in [5.41, 5.74) is 0.569. The minimum Gasteiger partial charge on any atom is -0.479 e. The summed E-state index contributed by atoms with van der Waals surface area (Å²) in [4.78, 5) is 17.1. The zero-order valence-corrected chi connectivity index (χ0v) is 16.7. The second kappa shape index (κ2) is 8.63. The zero-order chi connectivity index (χ0) is 20.3. The molecule has 0 fully saturated rings. The molecule has 0 unspecified atom stereocenters. The molecule has 146 valence electrons. The molecule has 3 rings (SSSR count). The van der Waals surface area contributed by atoms with Gasteiger partial charge in [0.2, 0.25) is 0 Å². The molecule has 1 heterocycles. The fourth-order valence-corrected chi connectivity index (χ4v) is 3.17. The van der Waals surface area contributed by atoms with Gasteiger partial charge in [0, 0.05) is 24.5 Å². The average Bonchev–Trinajstić information content (AvgIpc) is 3.07. The minimum atomic E-state index is -0.852. The molecule has 2 atom stereocenters. The van der Waals surface area contributed by atoms with E-state index in [1.807, 2.05) is 0 Å². The number of aromatic nitrogens is 2. The molecule has 1 amide bonds. The second-order valence-corrected chi connectivity index (χ2v) is 7.07. The Labute approximate surface area is 172 Å². The van der Waals surface area contributed by atoms with Crippen molar-refractivity contribution in [3.8, 4) is 5.75 Å². The third-order valence-corrected chi connectivity index (χ3v) is 4.68. The lowest BCUT2D eigenvalue weighted by atomic mass is 10.1. The van der Waals surface area contributed by atoms with Gasteiger partial charge in [0.25, 0.3) is 5.91 Å². The van der Waals surface area contributed by atoms with Crippen LogP contribution in [0, 0.1) is 5.82 Å². The maximum atomic E-state index is 13.7. The summed E-state index contributed by atoms with van der Waals surface area (Å²) in [6.45, 7) is 1.60. The topological polar surface area (TPSA) is 56.1 Å². The first kappa shape index (κ1) is 20.2. The van der Waals surface area contributed by atoms with Gasteiger partial charge in [-0.15, -0.1) is 0 Å². The number of imidazole rings is 1. The predicted molar refractivity (Wildman–Crippen MR) is 106 cm³/mol. The van der Waals surface area contributed by atoms with Gasteiger partial charge in [-0.25, -0.2) is 9.37 Å². The molecule has 0 bridgehead atoms. The smallest absolute Gasteiger partial charge is 0.261 e. The van der Waals surface area contributed by atoms with E-state index >= 15 is 0 Å². The molecule has 1 N–H and O–H groups in total. The summed E-state index contributed by atoms with van der Waals surface area (Å²) in [5, 5.41) is 3.64. The van der Waals surface area contributed by atoms with Crippen molar-refractivity contribution >= 4 is 29.1 Å². The van der Waals surface area contributed by atoms with Gasteiger partial charge in [-0.1, -0.05) is 35.3 Å². The molecular formula is C20H18Cl2FN3O2. The SMILES string of the molecule is C[C@@H](Oc1ccc(Cl)cc1Cl)C(=O)N[C@@H](c1cccc(F)c1)c1nccn1C. The van der Waals surface area contributed by atoms with E-state index in [4.69, 9.17) is 27.9 Å². The molecule has 2 aromatic carbocycles. The highest BCUT2D eigenvalue weighted by Gasteiger charge is 2.25. The van der Waals surface area contributed by atoms with E-state index in [9.17, 15) is 9.18 Å². The fourth-order valence-electron chi connectivity index (χ4n) is 2.71. The molecule has 5 nitrogen and oxygen atoms in total. The lowest BCUT2D eigenvalue weighted by Crippen LogP contribution is -2.39. The summed E-state index contributed by atoms with van der Waals surface area (Å²) in [5.74, 6) is 0.107. The van der Waals surface area contributed by atoms with E-state index in [-0.39, 0.29) is 0 Å². The molecule has 0 aliphatic rings. The van der Waals surface area contributed by atoms with Crippen LogP contribution in [0.3, 0.4) is 0 Å². The molecule has 1 aromatic heterocycles. The van der Waals surface area contributed by atoms with Crippen LogP contribution in [-0.4, -0.2) is 21.6 Å². The highest BCUT2D eigenvalue weighted by atomic mass is 35.5. The lowest BCUT2D eigenvalue weighted by Gasteiger charge is -2.22. The van der Waals surface area contributed by atoms with Gasteiger partial charge in [0.1, 0.15) is 23.4 Å². The van der Waals surface area contributed by atoms with Crippen LogP contribution in [0.4, 0.5) is 4.39 Å². The lowest BCUT2D eigenvalue weighted by molar-refractivity contribution is -0.127. The molecule has 8 heteroatoms. The predicted octanol–water partition coefficient (Wildman–Crippen LogP) is 4.54. The first-order valence-corrected chi connectivity index (χ1v) is 9.25. The third-order valence-electron chi connectivity index (χ3n) is 4.15. The standard InChI is InChI=1S/C20H18Cl2FN3O2/c1-12(28-17-7-6-14(21)11-16(17)22)20(27)25-18(19-24-8-9-26(19)2)13-4-3-5-15(23)10-13/h3-12,18H,1-2H3,(H,25,27)/t12-,18+/m1/s1. The summed E-state index contributed by atoms with van der Waals surface area (Å²) in [6.07, 6.45) is 2.51. The number of hydrogen-bond donors (Lipinski definition) is 1. The highest BCUT2D eigenvalue weighted by molar-refractivity contribution is 6.35. The quantitative estimate of drug-likeness (QED) is 0.635. The maximum Gasteiger partial charge on any atom is 0.261 e. The Bertz CT molecular complexity index is 993. The van der Waals surface area contributed by atoms with Crippen LogP contribution in [0.15, 0.2) is 54.9 Å². The molecule has 0 aliphatic carbocycles. The van der Waals surface area contributed by atoms with Crippen molar-refractivity contribution in [3.63, 3.8) is 0 Å². The largest absolute Gasteiger partial charge is 0.479 e. The van der Waals surface area contributed by atoms with Gasteiger partial charge in [0.05, 0.1) is 5.02 Å². The van der Waals surface area contributed by atoms with Crippen molar-refractivity contribution in [1.29, 1.82) is 0 Å². The molecule has 0 saturated heterocycles. The van der Waals surface area contributed by atoms with Crippen molar-refractivity contribution in [1.82, 2.24) is 14.9 Å². The Morgan fingerprint density at radius 2 is 2.04 bits per heavy atom. The molecule has 3 aromatic rings. The van der Waals surface area contributed by atoms with Crippen LogP contribution in [0.5, 0.6) is 5.75 Å². The summed E-state index contributed by atoms with van der Waals surface area (Å²) >= 11 is 12.0. The van der Waals surface area contributed by atoms with Crippen molar-refractivity contribution in [2.24, 2.45) is 7.05 Å². The fraction of sp³-hybridized carbons (Fsp3) is 0.200. The number of hydrogen-bond acceptors (Lipinski definition) is 3. The van der Waals surface area contributed by atoms with E-state index in [0.717, 1.165) is 0 Å². The Morgan fingerprint density at radius 3 is 2.68 bits per heavy atom. The van der Waals surface area contributed by atoms with Crippen molar-refractivity contribution in [2.45, 2.75) is 19.1 Å². The van der Waals surface area contributed by atoms with Crippen LogP contribution in [0.25, 0.3) is 0 Å². The Morgan fingerprint density at radius 1 is 1.25 bits per heavy atom. The van der Waals surface area contributed by atoms with E-state index in [0.29, 0.717) is 27.2 Å². The zero-order valence-electron chi connectivity index (χ0n) is 15.2. The van der Waals surface area contributed by atoms with Crippen LogP contribution < -0.4 is 10.1 Å². The first-order chi connectivity index (χ1) is 13.3. The van der Waals surface area contributed by atoms with Crippen molar-refractivity contribution in [3.05, 3.63) is 82.1 Å². The van der Waals surface area contributed by atoms with Gasteiger partial charge >= 0.3 is 0 Å². The first-order valence-electron chi connectivity index (χ1n) is 8.50. The monoisotopic (exact) mass is 421 g/mol. The Balaban J connectivity index is 1.82. The number of nitrogens with zero attached hydrogens (tertiary/aromatic N) is 2. The van der Waals surface area contributed by atoms with Gasteiger partial charge in [-0.3, -0.25) is 4.79 Å².